The second-order valence-electron chi connectivity index (χ2n) is 7.62. The number of hydrogen-bond acceptors (Lipinski definition) is 5. The molecule has 4 rings (SSSR count). The first-order valence-electron chi connectivity index (χ1n) is 10.5. The van der Waals surface area contributed by atoms with Crippen molar-refractivity contribution in [1.29, 1.82) is 0 Å². The van der Waals surface area contributed by atoms with E-state index < -0.39 is 0 Å². The fourth-order valence-corrected chi connectivity index (χ4v) is 4.03. The number of esters is 1. The van der Waals surface area contributed by atoms with Crippen LogP contribution in [0.25, 0.3) is 10.9 Å². The van der Waals surface area contributed by atoms with E-state index in [0.717, 1.165) is 36.0 Å². The SMILES string of the molecule is O=C(OCCC1CCCCCN1)c1ccccc1Nc1ccnc2cc(Cl)ccc12. The highest BCUT2D eigenvalue weighted by Gasteiger charge is 2.16. The zero-order valence-corrected chi connectivity index (χ0v) is 17.6. The number of aromatic nitrogens is 1. The summed E-state index contributed by atoms with van der Waals surface area (Å²) in [6, 6.07) is 15.3. The van der Waals surface area contributed by atoms with E-state index in [1.807, 2.05) is 42.5 Å². The standard InChI is InChI=1S/C24H26ClN3O2/c25-17-9-10-19-22(11-14-27-23(19)16-17)28-21-8-4-3-7-20(21)24(29)30-15-12-18-6-2-1-5-13-26-18/h3-4,7-11,14,16,18,26H,1-2,5-6,12-13,15H2,(H,27,28). The Morgan fingerprint density at radius 2 is 2.03 bits per heavy atom. The van der Waals surface area contributed by atoms with Gasteiger partial charge in [-0.3, -0.25) is 4.98 Å². The first-order chi connectivity index (χ1) is 14.7. The molecule has 1 unspecified atom stereocenters. The maximum Gasteiger partial charge on any atom is 0.340 e. The predicted molar refractivity (Wildman–Crippen MR) is 122 cm³/mol. The second-order valence-corrected chi connectivity index (χ2v) is 8.05. The molecule has 1 aliphatic rings. The van der Waals surface area contributed by atoms with Crippen molar-refractivity contribution in [2.24, 2.45) is 0 Å². The normalized spacial score (nSPS) is 16.8. The van der Waals surface area contributed by atoms with Crippen LogP contribution >= 0.6 is 11.6 Å². The highest BCUT2D eigenvalue weighted by atomic mass is 35.5. The number of pyridine rings is 1. The van der Waals surface area contributed by atoms with Crippen molar-refractivity contribution in [3.05, 3.63) is 65.3 Å². The Balaban J connectivity index is 1.45. The van der Waals surface area contributed by atoms with Crippen LogP contribution < -0.4 is 10.6 Å². The van der Waals surface area contributed by atoms with Gasteiger partial charge in [0.05, 0.1) is 23.4 Å². The van der Waals surface area contributed by atoms with E-state index in [-0.39, 0.29) is 5.97 Å². The van der Waals surface area contributed by atoms with Crippen LogP contribution in [0.5, 0.6) is 0 Å². The van der Waals surface area contributed by atoms with Crippen molar-refractivity contribution in [3.63, 3.8) is 0 Å². The van der Waals surface area contributed by atoms with Gasteiger partial charge in [-0.25, -0.2) is 4.79 Å². The van der Waals surface area contributed by atoms with Crippen LogP contribution in [-0.4, -0.2) is 30.1 Å². The average molecular weight is 424 g/mol. The van der Waals surface area contributed by atoms with Gasteiger partial charge in [-0.05, 0) is 62.2 Å². The third-order valence-electron chi connectivity index (χ3n) is 5.48. The van der Waals surface area contributed by atoms with Gasteiger partial charge in [0.2, 0.25) is 0 Å². The second kappa shape index (κ2) is 9.92. The molecule has 0 amide bonds. The summed E-state index contributed by atoms with van der Waals surface area (Å²) in [5.41, 5.74) is 2.88. The molecule has 1 saturated heterocycles. The van der Waals surface area contributed by atoms with Crippen LogP contribution in [0.2, 0.25) is 5.02 Å². The summed E-state index contributed by atoms with van der Waals surface area (Å²) < 4.78 is 5.60. The van der Waals surface area contributed by atoms with Crippen LogP contribution in [0.1, 0.15) is 42.5 Å². The molecule has 0 aliphatic carbocycles. The van der Waals surface area contributed by atoms with Gasteiger partial charge in [-0.2, -0.15) is 0 Å². The Morgan fingerprint density at radius 1 is 1.13 bits per heavy atom. The number of ether oxygens (including phenoxy) is 1. The minimum atomic E-state index is -0.312. The monoisotopic (exact) mass is 423 g/mol. The van der Waals surface area contributed by atoms with E-state index >= 15 is 0 Å². The van der Waals surface area contributed by atoms with E-state index in [4.69, 9.17) is 16.3 Å². The number of carbonyl (C=O) groups is 1. The van der Waals surface area contributed by atoms with Gasteiger partial charge >= 0.3 is 5.97 Å². The van der Waals surface area contributed by atoms with Crippen molar-refractivity contribution in [2.75, 3.05) is 18.5 Å². The predicted octanol–water partition coefficient (Wildman–Crippen LogP) is 5.71. The summed E-state index contributed by atoms with van der Waals surface area (Å²) >= 11 is 6.09. The van der Waals surface area contributed by atoms with Crippen molar-refractivity contribution < 1.29 is 9.53 Å². The number of rotatable bonds is 6. The van der Waals surface area contributed by atoms with Crippen LogP contribution in [0.15, 0.2) is 54.7 Å². The number of fused-ring (bicyclic) bond motifs is 1. The van der Waals surface area contributed by atoms with Crippen molar-refractivity contribution in [3.8, 4) is 0 Å². The lowest BCUT2D eigenvalue weighted by atomic mass is 10.1. The number of nitrogens with one attached hydrogen (secondary N) is 2. The molecule has 0 radical (unpaired) electrons. The number of halogens is 1. The Hall–Kier alpha value is -2.63. The first-order valence-corrected chi connectivity index (χ1v) is 10.9. The number of benzene rings is 2. The molecule has 5 nitrogen and oxygen atoms in total. The molecule has 0 spiro atoms. The van der Waals surface area contributed by atoms with Crippen LogP contribution in [-0.2, 0) is 4.74 Å². The molecule has 6 heteroatoms. The molecule has 1 fully saturated rings. The number of anilines is 2. The van der Waals surface area contributed by atoms with Crippen molar-refractivity contribution in [1.82, 2.24) is 10.3 Å². The number of nitrogens with zero attached hydrogens (tertiary/aromatic N) is 1. The molecule has 30 heavy (non-hydrogen) atoms. The van der Waals surface area contributed by atoms with Gasteiger partial charge in [0, 0.05) is 28.3 Å². The maximum absolute atomic E-state index is 12.8. The molecule has 156 valence electrons. The highest BCUT2D eigenvalue weighted by Crippen LogP contribution is 2.29. The van der Waals surface area contributed by atoms with E-state index in [2.05, 4.69) is 15.6 Å². The van der Waals surface area contributed by atoms with Crippen LogP contribution in [0, 0.1) is 0 Å². The minimum absolute atomic E-state index is 0.312. The Kier molecular flexibility index (Phi) is 6.82. The fraction of sp³-hybridized carbons (Fsp3) is 0.333. The van der Waals surface area contributed by atoms with Gasteiger partial charge in [0.1, 0.15) is 0 Å². The minimum Gasteiger partial charge on any atom is -0.462 e. The lowest BCUT2D eigenvalue weighted by Gasteiger charge is -2.16. The van der Waals surface area contributed by atoms with Gasteiger partial charge in [0.25, 0.3) is 0 Å². The highest BCUT2D eigenvalue weighted by molar-refractivity contribution is 6.31. The van der Waals surface area contributed by atoms with E-state index in [9.17, 15) is 4.79 Å². The summed E-state index contributed by atoms with van der Waals surface area (Å²) in [7, 11) is 0. The van der Waals surface area contributed by atoms with Crippen LogP contribution in [0.3, 0.4) is 0 Å². The van der Waals surface area contributed by atoms with E-state index in [1.165, 1.54) is 19.3 Å². The maximum atomic E-state index is 12.8. The third kappa shape index (κ3) is 5.10. The Labute approximate surface area is 181 Å². The summed E-state index contributed by atoms with van der Waals surface area (Å²) in [6.07, 6.45) is 7.46. The molecule has 1 aliphatic heterocycles. The van der Waals surface area contributed by atoms with E-state index in [0.29, 0.717) is 28.9 Å². The largest absolute Gasteiger partial charge is 0.462 e. The summed E-state index contributed by atoms with van der Waals surface area (Å²) in [4.78, 5) is 17.1. The van der Waals surface area contributed by atoms with Crippen molar-refractivity contribution >= 4 is 39.8 Å². The molecule has 1 atom stereocenters. The average Bonchev–Trinajstić information content (AvgIpc) is 3.03. The fourth-order valence-electron chi connectivity index (χ4n) is 3.86. The first kappa shape index (κ1) is 20.6. The topological polar surface area (TPSA) is 63.2 Å². The smallest absolute Gasteiger partial charge is 0.340 e. The molecular weight excluding hydrogens is 398 g/mol. The number of carbonyl (C=O) groups excluding carboxylic acids is 1. The third-order valence-corrected chi connectivity index (χ3v) is 5.72. The summed E-state index contributed by atoms with van der Waals surface area (Å²) in [5.74, 6) is -0.312. The Morgan fingerprint density at radius 3 is 2.97 bits per heavy atom. The molecule has 3 aromatic rings. The lowest BCUT2D eigenvalue weighted by Crippen LogP contribution is -2.29. The molecule has 0 saturated carbocycles. The lowest BCUT2D eigenvalue weighted by molar-refractivity contribution is 0.0490. The molecule has 2 N–H and O–H groups in total. The number of para-hydroxylation sites is 1. The molecule has 2 heterocycles. The zero-order valence-electron chi connectivity index (χ0n) is 16.9. The molecule has 2 aromatic carbocycles. The molecule has 1 aromatic heterocycles. The van der Waals surface area contributed by atoms with Gasteiger partial charge < -0.3 is 15.4 Å². The Bertz CT molecular complexity index is 1020. The van der Waals surface area contributed by atoms with E-state index in [1.54, 1.807) is 12.3 Å². The van der Waals surface area contributed by atoms with Gasteiger partial charge in [-0.15, -0.1) is 0 Å². The molecule has 0 bridgehead atoms. The van der Waals surface area contributed by atoms with Gasteiger partial charge in [0.15, 0.2) is 0 Å². The van der Waals surface area contributed by atoms with Gasteiger partial charge in [-0.1, -0.05) is 36.6 Å². The van der Waals surface area contributed by atoms with Crippen LogP contribution in [0.4, 0.5) is 11.4 Å². The van der Waals surface area contributed by atoms with Crippen molar-refractivity contribution in [2.45, 2.75) is 38.1 Å². The number of hydrogen-bond donors (Lipinski definition) is 2. The quantitative estimate of drug-likeness (QED) is 0.497. The molecular formula is C24H26ClN3O2. The zero-order chi connectivity index (χ0) is 20.8. The summed E-state index contributed by atoms with van der Waals surface area (Å²) in [6.45, 7) is 1.47. The summed E-state index contributed by atoms with van der Waals surface area (Å²) in [5, 5.41) is 8.48.